The summed E-state index contributed by atoms with van der Waals surface area (Å²) in [7, 11) is 4.51. The van der Waals surface area contributed by atoms with Crippen LogP contribution in [0, 0.1) is 11.8 Å². The van der Waals surface area contributed by atoms with Crippen LogP contribution in [0.25, 0.3) is 0 Å². The summed E-state index contributed by atoms with van der Waals surface area (Å²) >= 11 is 0. The predicted octanol–water partition coefficient (Wildman–Crippen LogP) is 0.885. The van der Waals surface area contributed by atoms with Gasteiger partial charge in [-0.3, -0.25) is 0 Å². The summed E-state index contributed by atoms with van der Waals surface area (Å²) in [6.45, 7) is 10.0. The van der Waals surface area contributed by atoms with Crippen molar-refractivity contribution in [1.29, 1.82) is 0 Å². The Balaban J connectivity index is 1.70. The van der Waals surface area contributed by atoms with E-state index in [4.69, 9.17) is 4.74 Å². The van der Waals surface area contributed by atoms with Crippen molar-refractivity contribution in [3.63, 3.8) is 0 Å². The summed E-state index contributed by atoms with van der Waals surface area (Å²) in [4.78, 5) is 4.97. The van der Waals surface area contributed by atoms with Crippen LogP contribution in [0.4, 0.5) is 0 Å². The number of nitrogens with zero attached hydrogens (tertiary/aromatic N) is 2. The van der Waals surface area contributed by atoms with Crippen LogP contribution in [0.3, 0.4) is 0 Å². The molecule has 1 N–H and O–H groups in total. The molecule has 0 amide bonds. The molecule has 2 unspecified atom stereocenters. The van der Waals surface area contributed by atoms with E-state index in [0.29, 0.717) is 12.0 Å². The topological polar surface area (TPSA) is 27.7 Å². The van der Waals surface area contributed by atoms with Crippen molar-refractivity contribution in [1.82, 2.24) is 15.1 Å². The van der Waals surface area contributed by atoms with Gasteiger partial charge in [-0.25, -0.2) is 0 Å². The van der Waals surface area contributed by atoms with Gasteiger partial charge in [0, 0.05) is 25.0 Å². The maximum absolute atomic E-state index is 5.63. The van der Waals surface area contributed by atoms with E-state index in [1.807, 2.05) is 0 Å². The lowest BCUT2D eigenvalue weighted by molar-refractivity contribution is 0.150. The largest absolute Gasteiger partial charge is 0.379 e. The van der Waals surface area contributed by atoms with Crippen LogP contribution in [0.1, 0.15) is 19.8 Å². The van der Waals surface area contributed by atoms with E-state index in [1.54, 1.807) is 0 Å². The van der Waals surface area contributed by atoms with Gasteiger partial charge in [0.1, 0.15) is 0 Å². The van der Waals surface area contributed by atoms with Gasteiger partial charge in [0.2, 0.25) is 0 Å². The molecular weight excluding hydrogens is 238 g/mol. The summed E-state index contributed by atoms with van der Waals surface area (Å²) in [5, 5.41) is 3.55. The minimum absolute atomic E-state index is 0.560. The first kappa shape index (κ1) is 15.2. The first-order valence-corrected chi connectivity index (χ1v) is 7.87. The maximum atomic E-state index is 5.63. The first-order valence-electron chi connectivity index (χ1n) is 7.87. The first-order chi connectivity index (χ1) is 9.19. The third-order valence-corrected chi connectivity index (χ3v) is 4.62. The molecule has 4 heteroatoms. The van der Waals surface area contributed by atoms with Crippen LogP contribution in [0.2, 0.25) is 0 Å². The second kappa shape index (κ2) is 7.58. The van der Waals surface area contributed by atoms with E-state index in [-0.39, 0.29) is 0 Å². The lowest BCUT2D eigenvalue weighted by Crippen LogP contribution is -2.42. The molecule has 0 saturated carbocycles. The second-order valence-electron chi connectivity index (χ2n) is 6.43. The van der Waals surface area contributed by atoms with Gasteiger partial charge in [-0.1, -0.05) is 6.92 Å². The number of hydrogen-bond acceptors (Lipinski definition) is 4. The molecule has 2 saturated heterocycles. The highest BCUT2D eigenvalue weighted by Crippen LogP contribution is 2.19. The molecule has 0 aromatic carbocycles. The molecule has 2 aliphatic heterocycles. The second-order valence-corrected chi connectivity index (χ2v) is 6.43. The van der Waals surface area contributed by atoms with Gasteiger partial charge in [-0.15, -0.1) is 0 Å². The van der Waals surface area contributed by atoms with Crippen molar-refractivity contribution < 1.29 is 4.74 Å². The van der Waals surface area contributed by atoms with E-state index in [1.165, 1.54) is 39.0 Å². The summed E-state index contributed by atoms with van der Waals surface area (Å²) in [5.41, 5.74) is 0. The third kappa shape index (κ3) is 4.71. The molecule has 19 heavy (non-hydrogen) atoms. The monoisotopic (exact) mass is 269 g/mol. The fourth-order valence-corrected chi connectivity index (χ4v) is 3.43. The van der Waals surface area contributed by atoms with Crippen molar-refractivity contribution in [3.05, 3.63) is 0 Å². The fraction of sp³-hybridized carbons (Fsp3) is 1.00. The Morgan fingerprint density at radius 3 is 2.63 bits per heavy atom. The zero-order valence-electron chi connectivity index (χ0n) is 12.9. The summed E-state index contributed by atoms with van der Waals surface area (Å²) < 4.78 is 5.63. The number of likely N-dealkylation sites (tertiary alicyclic amines) is 1. The molecule has 0 aromatic rings. The summed E-state index contributed by atoms with van der Waals surface area (Å²) in [6, 6.07) is 0.560. The highest BCUT2D eigenvalue weighted by atomic mass is 16.5. The molecule has 2 heterocycles. The Morgan fingerprint density at radius 2 is 1.95 bits per heavy atom. The van der Waals surface area contributed by atoms with Gasteiger partial charge in [-0.2, -0.15) is 0 Å². The van der Waals surface area contributed by atoms with Crippen molar-refractivity contribution in [2.24, 2.45) is 11.8 Å². The van der Waals surface area contributed by atoms with Crippen LogP contribution in [-0.2, 0) is 4.74 Å². The van der Waals surface area contributed by atoms with Crippen molar-refractivity contribution in [2.45, 2.75) is 25.8 Å². The normalized spacial score (nSPS) is 30.3. The molecule has 0 aromatic heterocycles. The Labute approximate surface area is 118 Å². The number of hydrogen-bond donors (Lipinski definition) is 1. The highest BCUT2D eigenvalue weighted by molar-refractivity contribution is 4.83. The Morgan fingerprint density at radius 1 is 1.21 bits per heavy atom. The Bertz CT molecular complexity index is 254. The lowest BCUT2D eigenvalue weighted by atomic mass is 9.96. The Kier molecular flexibility index (Phi) is 6.07. The van der Waals surface area contributed by atoms with E-state index in [9.17, 15) is 0 Å². The van der Waals surface area contributed by atoms with Crippen molar-refractivity contribution in [3.8, 4) is 0 Å². The van der Waals surface area contributed by atoms with Crippen LogP contribution in [-0.4, -0.2) is 75.9 Å². The smallest absolute Gasteiger partial charge is 0.0623 e. The van der Waals surface area contributed by atoms with E-state index >= 15 is 0 Å². The van der Waals surface area contributed by atoms with Gasteiger partial charge < -0.3 is 19.9 Å². The van der Waals surface area contributed by atoms with Gasteiger partial charge in [-0.05, 0) is 52.5 Å². The number of nitrogens with one attached hydrogen (secondary N) is 1. The van der Waals surface area contributed by atoms with Crippen LogP contribution >= 0.6 is 0 Å². The average Bonchev–Trinajstić information content (AvgIpc) is 2.80. The van der Waals surface area contributed by atoms with E-state index < -0.39 is 0 Å². The standard InChI is InChI=1S/C15H31N3O/c1-4-16-15-12-19-11-14(15)10-18(3)9-13-5-7-17(2)8-6-13/h13-16H,4-12H2,1-3H3. The maximum Gasteiger partial charge on any atom is 0.0623 e. The minimum atomic E-state index is 0.560. The lowest BCUT2D eigenvalue weighted by Gasteiger charge is -2.33. The molecule has 112 valence electrons. The fourth-order valence-electron chi connectivity index (χ4n) is 3.43. The molecule has 0 radical (unpaired) electrons. The minimum Gasteiger partial charge on any atom is -0.379 e. The molecule has 2 fully saturated rings. The zero-order valence-corrected chi connectivity index (χ0v) is 12.9. The van der Waals surface area contributed by atoms with Gasteiger partial charge >= 0.3 is 0 Å². The van der Waals surface area contributed by atoms with Gasteiger partial charge in [0.25, 0.3) is 0 Å². The molecule has 2 atom stereocenters. The van der Waals surface area contributed by atoms with Crippen LogP contribution in [0.5, 0.6) is 0 Å². The molecular formula is C15H31N3O. The molecule has 0 bridgehead atoms. The van der Waals surface area contributed by atoms with Crippen LogP contribution in [0.15, 0.2) is 0 Å². The number of ether oxygens (including phenoxy) is 1. The highest BCUT2D eigenvalue weighted by Gasteiger charge is 2.29. The number of likely N-dealkylation sites (N-methyl/N-ethyl adjacent to an activating group) is 1. The number of rotatable bonds is 6. The average molecular weight is 269 g/mol. The number of piperidine rings is 1. The molecule has 4 nitrogen and oxygen atoms in total. The quantitative estimate of drug-likeness (QED) is 0.775. The molecule has 2 aliphatic rings. The molecule has 2 rings (SSSR count). The van der Waals surface area contributed by atoms with E-state index in [0.717, 1.165) is 25.7 Å². The zero-order chi connectivity index (χ0) is 13.7. The predicted molar refractivity (Wildman–Crippen MR) is 79.5 cm³/mol. The third-order valence-electron chi connectivity index (χ3n) is 4.62. The SMILES string of the molecule is CCNC1COCC1CN(C)CC1CCN(C)CC1. The molecule has 0 spiro atoms. The Hall–Kier alpha value is -0.160. The molecule has 0 aliphatic carbocycles. The van der Waals surface area contributed by atoms with Gasteiger partial charge in [0.05, 0.1) is 13.2 Å². The van der Waals surface area contributed by atoms with Gasteiger partial charge in [0.15, 0.2) is 0 Å². The summed E-state index contributed by atoms with van der Waals surface area (Å²) in [5.74, 6) is 1.55. The van der Waals surface area contributed by atoms with Crippen molar-refractivity contribution in [2.75, 3.05) is 60.0 Å². The van der Waals surface area contributed by atoms with E-state index in [2.05, 4.69) is 36.1 Å². The van der Waals surface area contributed by atoms with Crippen LogP contribution < -0.4 is 5.32 Å². The van der Waals surface area contributed by atoms with Crippen molar-refractivity contribution >= 4 is 0 Å². The summed E-state index contributed by atoms with van der Waals surface area (Å²) in [6.07, 6.45) is 2.72.